The summed E-state index contributed by atoms with van der Waals surface area (Å²) in [5, 5.41) is 1.95. The van der Waals surface area contributed by atoms with Crippen molar-refractivity contribution < 1.29 is 19.1 Å². The molecule has 0 N–H and O–H groups in total. The average Bonchev–Trinajstić information content (AvgIpc) is 2.64. The molecule has 2 aliphatic heterocycles. The number of hydrogen-bond acceptors (Lipinski definition) is 5. The molecule has 5 nitrogen and oxygen atoms in total. The largest absolute Gasteiger partial charge is 0.367 e. The molecule has 26 heavy (non-hydrogen) atoms. The highest BCUT2D eigenvalue weighted by Gasteiger charge is 2.64. The summed E-state index contributed by atoms with van der Waals surface area (Å²) in [5.41, 5.74) is -0.572. The second-order valence-corrected chi connectivity index (χ2v) is 8.93. The molecule has 0 aromatic rings. The molecule has 2 saturated heterocycles. The van der Waals surface area contributed by atoms with E-state index in [2.05, 4.69) is 48.5 Å². The van der Waals surface area contributed by atoms with Crippen LogP contribution in [0.3, 0.4) is 0 Å². The maximum Gasteiger partial charge on any atom is 0.322 e. The Labute approximate surface area is 159 Å². The first-order valence-electron chi connectivity index (χ1n) is 10.3. The van der Waals surface area contributed by atoms with Gasteiger partial charge in [-0.15, -0.1) is 5.06 Å². The SMILES string of the molecule is CCC1(CC)COC2(C[C@@](C)(CC)N(OC(C)=O)C(C)(CC)C2C)OC1. The highest BCUT2D eigenvalue weighted by molar-refractivity contribution is 5.65. The number of hydroxylamine groups is 2. The van der Waals surface area contributed by atoms with Crippen molar-refractivity contribution in [3.63, 3.8) is 0 Å². The molecule has 152 valence electrons. The predicted octanol–water partition coefficient (Wildman–Crippen LogP) is 4.69. The minimum Gasteiger partial charge on any atom is -0.367 e. The van der Waals surface area contributed by atoms with Gasteiger partial charge >= 0.3 is 5.97 Å². The van der Waals surface area contributed by atoms with E-state index < -0.39 is 5.79 Å². The third-order valence-corrected chi connectivity index (χ3v) is 7.62. The van der Waals surface area contributed by atoms with Crippen molar-refractivity contribution in [2.24, 2.45) is 11.3 Å². The average molecular weight is 370 g/mol. The van der Waals surface area contributed by atoms with Gasteiger partial charge < -0.3 is 14.3 Å². The predicted molar refractivity (Wildman–Crippen MR) is 102 cm³/mol. The van der Waals surface area contributed by atoms with Crippen LogP contribution in [0, 0.1) is 11.3 Å². The summed E-state index contributed by atoms with van der Waals surface area (Å²) in [5.74, 6) is -0.820. The van der Waals surface area contributed by atoms with E-state index >= 15 is 0 Å². The highest BCUT2D eigenvalue weighted by Crippen LogP contribution is 2.54. The lowest BCUT2D eigenvalue weighted by Crippen LogP contribution is -2.74. The van der Waals surface area contributed by atoms with Gasteiger partial charge in [-0.1, -0.05) is 34.6 Å². The quantitative estimate of drug-likeness (QED) is 0.703. The van der Waals surface area contributed by atoms with Crippen LogP contribution in [0.4, 0.5) is 0 Å². The fraction of sp³-hybridized carbons (Fsp3) is 0.952. The van der Waals surface area contributed by atoms with Gasteiger partial charge in [0.05, 0.1) is 24.3 Å². The lowest BCUT2D eigenvalue weighted by molar-refractivity contribution is -0.402. The first-order chi connectivity index (χ1) is 12.1. The van der Waals surface area contributed by atoms with Crippen LogP contribution < -0.4 is 0 Å². The number of nitrogens with zero attached hydrogens (tertiary/aromatic N) is 1. The van der Waals surface area contributed by atoms with Crippen LogP contribution in [0.1, 0.15) is 87.5 Å². The van der Waals surface area contributed by atoms with E-state index in [1.807, 2.05) is 5.06 Å². The lowest BCUT2D eigenvalue weighted by Gasteiger charge is -2.63. The van der Waals surface area contributed by atoms with Gasteiger partial charge in [0, 0.05) is 24.7 Å². The van der Waals surface area contributed by atoms with E-state index in [4.69, 9.17) is 14.3 Å². The van der Waals surface area contributed by atoms with Crippen LogP contribution in [0.25, 0.3) is 0 Å². The Morgan fingerprint density at radius 3 is 1.96 bits per heavy atom. The molecule has 0 radical (unpaired) electrons. The van der Waals surface area contributed by atoms with Gasteiger partial charge in [0.15, 0.2) is 5.79 Å². The molecule has 0 bridgehead atoms. The van der Waals surface area contributed by atoms with Crippen molar-refractivity contribution >= 4 is 5.97 Å². The summed E-state index contributed by atoms with van der Waals surface area (Å²) in [6.45, 7) is 18.2. The van der Waals surface area contributed by atoms with E-state index in [1.54, 1.807) is 0 Å². The van der Waals surface area contributed by atoms with Crippen LogP contribution in [-0.2, 0) is 19.1 Å². The van der Waals surface area contributed by atoms with Crippen LogP contribution in [-0.4, -0.2) is 41.1 Å². The lowest BCUT2D eigenvalue weighted by atomic mass is 9.66. The molecule has 1 spiro atoms. The normalized spacial score (nSPS) is 36.8. The number of piperidine rings is 1. The Bertz CT molecular complexity index is 508. The van der Waals surface area contributed by atoms with Gasteiger partial charge in [0.25, 0.3) is 0 Å². The molecule has 5 heteroatoms. The Balaban J connectivity index is 2.41. The van der Waals surface area contributed by atoms with E-state index in [-0.39, 0.29) is 28.4 Å². The van der Waals surface area contributed by atoms with Crippen LogP contribution >= 0.6 is 0 Å². The Hall–Kier alpha value is -0.650. The van der Waals surface area contributed by atoms with Crippen molar-refractivity contribution in [2.75, 3.05) is 13.2 Å². The van der Waals surface area contributed by atoms with Gasteiger partial charge in [-0.2, -0.15) is 0 Å². The number of hydrogen-bond donors (Lipinski definition) is 0. The van der Waals surface area contributed by atoms with Crippen LogP contribution in [0.15, 0.2) is 0 Å². The minimum absolute atomic E-state index is 0.0747. The molecule has 3 atom stereocenters. The summed E-state index contributed by atoms with van der Waals surface area (Å²) >= 11 is 0. The maximum atomic E-state index is 11.8. The van der Waals surface area contributed by atoms with Crippen LogP contribution in [0.2, 0.25) is 0 Å². The van der Waals surface area contributed by atoms with Gasteiger partial charge in [-0.25, -0.2) is 0 Å². The monoisotopic (exact) mass is 369 g/mol. The Morgan fingerprint density at radius 1 is 1.04 bits per heavy atom. The summed E-state index contributed by atoms with van der Waals surface area (Å²) in [6.07, 6.45) is 4.51. The van der Waals surface area contributed by atoms with Crippen molar-refractivity contribution in [1.29, 1.82) is 0 Å². The molecule has 2 aliphatic rings. The van der Waals surface area contributed by atoms with E-state index in [9.17, 15) is 4.79 Å². The van der Waals surface area contributed by atoms with Gasteiger partial charge in [-0.3, -0.25) is 4.79 Å². The Morgan fingerprint density at radius 2 is 1.58 bits per heavy atom. The molecule has 2 rings (SSSR count). The number of ether oxygens (including phenoxy) is 2. The van der Waals surface area contributed by atoms with Crippen molar-refractivity contribution in [1.82, 2.24) is 5.06 Å². The van der Waals surface area contributed by atoms with E-state index in [1.165, 1.54) is 6.92 Å². The molecule has 0 aliphatic carbocycles. The molecule has 2 fully saturated rings. The zero-order valence-electron chi connectivity index (χ0n) is 18.1. The second-order valence-electron chi connectivity index (χ2n) is 8.93. The van der Waals surface area contributed by atoms with E-state index in [0.717, 1.165) is 38.9 Å². The van der Waals surface area contributed by atoms with Crippen molar-refractivity contribution in [2.45, 2.75) is 104 Å². The zero-order valence-corrected chi connectivity index (χ0v) is 18.1. The zero-order chi connectivity index (χ0) is 19.8. The number of rotatable bonds is 5. The standard InChI is InChI=1S/C21H39NO4/c1-9-18(7)13-21(24-14-20(11-3,12-4)15-25-21)16(5)19(8,10-2)22(18)26-17(6)23/h16H,9-15H2,1-8H3/t16?,18-,19?/m1/s1. The number of carbonyl (C=O) groups excluding carboxylic acids is 1. The highest BCUT2D eigenvalue weighted by atomic mass is 16.7. The molecular weight excluding hydrogens is 330 g/mol. The Kier molecular flexibility index (Phi) is 6.16. The van der Waals surface area contributed by atoms with Gasteiger partial charge in [0.1, 0.15) is 0 Å². The van der Waals surface area contributed by atoms with Gasteiger partial charge in [0.2, 0.25) is 0 Å². The number of carbonyl (C=O) groups is 1. The second kappa shape index (κ2) is 7.40. The maximum absolute atomic E-state index is 11.8. The third kappa shape index (κ3) is 3.31. The molecule has 2 heterocycles. The van der Waals surface area contributed by atoms with Crippen molar-refractivity contribution in [3.8, 4) is 0 Å². The van der Waals surface area contributed by atoms with E-state index in [0.29, 0.717) is 6.42 Å². The minimum atomic E-state index is -0.625. The summed E-state index contributed by atoms with van der Waals surface area (Å²) in [6, 6.07) is 0. The molecule has 0 saturated carbocycles. The smallest absolute Gasteiger partial charge is 0.322 e. The molecular formula is C21H39NO4. The molecule has 2 unspecified atom stereocenters. The summed E-state index contributed by atoms with van der Waals surface area (Å²) in [4.78, 5) is 17.6. The topological polar surface area (TPSA) is 48.0 Å². The van der Waals surface area contributed by atoms with Gasteiger partial charge in [-0.05, 0) is 39.5 Å². The van der Waals surface area contributed by atoms with Crippen LogP contribution in [0.5, 0.6) is 0 Å². The first-order valence-corrected chi connectivity index (χ1v) is 10.3. The first kappa shape index (κ1) is 21.6. The fourth-order valence-electron chi connectivity index (χ4n) is 4.73. The molecule has 0 aromatic heterocycles. The summed E-state index contributed by atoms with van der Waals surface area (Å²) < 4.78 is 13.1. The molecule has 0 amide bonds. The third-order valence-electron chi connectivity index (χ3n) is 7.62. The summed E-state index contributed by atoms with van der Waals surface area (Å²) in [7, 11) is 0. The fourth-order valence-corrected chi connectivity index (χ4v) is 4.73. The van der Waals surface area contributed by atoms with Crippen molar-refractivity contribution in [3.05, 3.63) is 0 Å². The molecule has 0 aromatic carbocycles.